The summed E-state index contributed by atoms with van der Waals surface area (Å²) < 4.78 is 6.19. The molecule has 2 atom stereocenters. The highest BCUT2D eigenvalue weighted by atomic mass is 35.5. The Morgan fingerprint density at radius 3 is 2.56 bits per heavy atom. The zero-order valence-electron chi connectivity index (χ0n) is 28.5. The van der Waals surface area contributed by atoms with Crippen molar-refractivity contribution < 1.29 is 19.4 Å². The molecule has 0 bridgehead atoms. The molecule has 52 heavy (non-hydrogen) atoms. The highest BCUT2D eigenvalue weighted by Crippen LogP contribution is 2.40. The molecule has 2 aliphatic rings. The lowest BCUT2D eigenvalue weighted by Crippen LogP contribution is -2.22. The lowest BCUT2D eigenvalue weighted by Gasteiger charge is -2.17. The van der Waals surface area contributed by atoms with Crippen LogP contribution < -0.4 is 5.32 Å². The number of nitriles is 1. The number of fused-ring (bicyclic) bond motifs is 2. The molecule has 6 aromatic rings. The first-order valence-electron chi connectivity index (χ1n) is 17.3. The molecule has 2 unspecified atom stereocenters. The summed E-state index contributed by atoms with van der Waals surface area (Å²) in [6.07, 6.45) is 4.80. The van der Waals surface area contributed by atoms with Gasteiger partial charge in [-0.05, 0) is 85.0 Å². The van der Waals surface area contributed by atoms with Crippen molar-refractivity contribution in [3.05, 3.63) is 100 Å². The number of rotatable bonds is 9. The Kier molecular flexibility index (Phi) is 9.07. The highest BCUT2D eigenvalue weighted by Gasteiger charge is 2.28. The van der Waals surface area contributed by atoms with E-state index in [-0.39, 0.29) is 12.0 Å². The number of likely N-dealkylation sites (tertiary alicyclic amines) is 2. The number of pyridine rings is 2. The number of anilines is 2. The third kappa shape index (κ3) is 6.58. The molecule has 0 aliphatic carbocycles. The SMILES string of the molecule is Cc1c(Nc2nccc3cc(CN4CCC(O)C4)cnc23)cccc1-c1cccc(-c2nc3cc(CN4CCC(C(=O)O)C4)cc(C#N)c3o2)c1Cl. The number of aliphatic hydroxyl groups excluding tert-OH is 1. The third-order valence-corrected chi connectivity index (χ3v) is 10.5. The molecule has 0 saturated carbocycles. The summed E-state index contributed by atoms with van der Waals surface area (Å²) in [6, 6.07) is 21.7. The summed E-state index contributed by atoms with van der Waals surface area (Å²) in [4.78, 5) is 30.0. The van der Waals surface area contributed by atoms with Gasteiger partial charge in [-0.3, -0.25) is 19.6 Å². The van der Waals surface area contributed by atoms with Gasteiger partial charge in [0.15, 0.2) is 11.4 Å². The molecule has 8 rings (SSSR count). The number of carboxylic acids is 1. The van der Waals surface area contributed by atoms with E-state index in [4.69, 9.17) is 26.0 Å². The fourth-order valence-electron chi connectivity index (χ4n) is 7.41. The van der Waals surface area contributed by atoms with E-state index in [0.717, 1.165) is 63.9 Å². The summed E-state index contributed by atoms with van der Waals surface area (Å²) in [5.41, 5.74) is 8.14. The van der Waals surface area contributed by atoms with Gasteiger partial charge in [-0.25, -0.2) is 9.97 Å². The predicted octanol–water partition coefficient (Wildman–Crippen LogP) is 7.16. The maximum atomic E-state index is 11.4. The summed E-state index contributed by atoms with van der Waals surface area (Å²) in [5, 5.41) is 34.2. The van der Waals surface area contributed by atoms with E-state index < -0.39 is 5.97 Å². The normalized spacial score (nSPS) is 18.0. The standard InChI is InChI=1S/C40H36ClN7O4/c1-23-30(4-3-7-33(23)45-38-36-26(8-11-43-38)15-25(18-44-36)20-48-13-10-29(49)22-48)31-5-2-6-32(35(31)41)39-46-34-16-24(14-28(17-42)37(34)52-39)19-47-12-9-27(21-47)40(50)51/h2-8,11,14-16,18,27,29,49H,9-10,12-13,19-22H2,1H3,(H,43,45)(H,50,51). The van der Waals surface area contributed by atoms with Crippen molar-refractivity contribution >= 4 is 51.1 Å². The third-order valence-electron chi connectivity index (χ3n) is 10.1. The Hall–Kier alpha value is -5.38. The van der Waals surface area contributed by atoms with E-state index in [2.05, 4.69) is 32.2 Å². The number of aliphatic hydroxyl groups is 1. The largest absolute Gasteiger partial charge is 0.481 e. The molecule has 11 nitrogen and oxygen atoms in total. The molecule has 0 amide bonds. The maximum absolute atomic E-state index is 11.4. The van der Waals surface area contributed by atoms with E-state index in [1.165, 1.54) is 0 Å². The highest BCUT2D eigenvalue weighted by molar-refractivity contribution is 6.36. The molecular weight excluding hydrogens is 678 g/mol. The number of benzene rings is 3. The van der Waals surface area contributed by atoms with Crippen molar-refractivity contribution in [3.63, 3.8) is 0 Å². The number of carboxylic acid groups (broad SMARTS) is 1. The smallest absolute Gasteiger partial charge is 0.307 e. The van der Waals surface area contributed by atoms with E-state index in [9.17, 15) is 20.3 Å². The van der Waals surface area contributed by atoms with Crippen LogP contribution in [0.15, 0.2) is 77.5 Å². The van der Waals surface area contributed by atoms with Crippen LogP contribution >= 0.6 is 11.6 Å². The van der Waals surface area contributed by atoms with Crippen LogP contribution in [0.4, 0.5) is 11.5 Å². The van der Waals surface area contributed by atoms with Crippen LogP contribution in [0, 0.1) is 24.2 Å². The number of hydrogen-bond donors (Lipinski definition) is 3. The fourth-order valence-corrected chi connectivity index (χ4v) is 7.72. The topological polar surface area (TPSA) is 152 Å². The van der Waals surface area contributed by atoms with E-state index >= 15 is 0 Å². The number of nitrogens with zero attached hydrogens (tertiary/aromatic N) is 6. The molecule has 0 radical (unpaired) electrons. The van der Waals surface area contributed by atoms with Crippen LogP contribution in [0.2, 0.25) is 5.02 Å². The van der Waals surface area contributed by atoms with Crippen molar-refractivity contribution in [2.75, 3.05) is 31.5 Å². The molecular formula is C40H36ClN7O4. The number of aliphatic carboxylic acids is 1. The summed E-state index contributed by atoms with van der Waals surface area (Å²) in [5.74, 6) is -0.208. The number of β-amino-alcohol motifs (C(OH)–C–C–N with tert-alkyl or cyclic N) is 1. The van der Waals surface area contributed by atoms with Crippen LogP contribution in [0.5, 0.6) is 0 Å². The van der Waals surface area contributed by atoms with Gasteiger partial charge < -0.3 is 19.9 Å². The van der Waals surface area contributed by atoms with Crippen molar-refractivity contribution in [1.82, 2.24) is 24.8 Å². The maximum Gasteiger partial charge on any atom is 0.307 e. The number of carbonyl (C=O) groups is 1. The first-order valence-corrected chi connectivity index (χ1v) is 17.7. The van der Waals surface area contributed by atoms with Gasteiger partial charge in [-0.15, -0.1) is 0 Å². The second-order valence-corrected chi connectivity index (χ2v) is 14.1. The molecule has 5 heterocycles. The molecule has 262 valence electrons. The zero-order chi connectivity index (χ0) is 35.9. The quantitative estimate of drug-likeness (QED) is 0.140. The molecule has 0 spiro atoms. The molecule has 3 N–H and O–H groups in total. The van der Waals surface area contributed by atoms with Gasteiger partial charge in [0.25, 0.3) is 0 Å². The van der Waals surface area contributed by atoms with Crippen LogP contribution in [0.3, 0.4) is 0 Å². The zero-order valence-corrected chi connectivity index (χ0v) is 29.3. The van der Waals surface area contributed by atoms with E-state index in [1.54, 1.807) is 12.3 Å². The van der Waals surface area contributed by atoms with Crippen molar-refractivity contribution in [3.8, 4) is 28.7 Å². The Bertz CT molecular complexity index is 2390. The predicted molar refractivity (Wildman–Crippen MR) is 199 cm³/mol. The van der Waals surface area contributed by atoms with Gasteiger partial charge in [0, 0.05) is 61.8 Å². The lowest BCUT2D eigenvalue weighted by atomic mass is 9.97. The minimum absolute atomic E-state index is 0.262. The number of nitrogens with one attached hydrogen (secondary N) is 1. The van der Waals surface area contributed by atoms with Gasteiger partial charge in [-0.1, -0.05) is 35.9 Å². The second-order valence-electron chi connectivity index (χ2n) is 13.7. The molecule has 12 heteroatoms. The molecule has 2 fully saturated rings. The fraction of sp³-hybridized carbons (Fsp3) is 0.275. The summed E-state index contributed by atoms with van der Waals surface area (Å²) in [7, 11) is 0. The average molecular weight is 714 g/mol. The second kappa shape index (κ2) is 14.0. The first-order chi connectivity index (χ1) is 25.2. The van der Waals surface area contributed by atoms with Crippen molar-refractivity contribution in [1.29, 1.82) is 5.26 Å². The van der Waals surface area contributed by atoms with Gasteiger partial charge >= 0.3 is 5.97 Å². The number of oxazole rings is 1. The molecule has 2 aliphatic heterocycles. The van der Waals surface area contributed by atoms with Crippen molar-refractivity contribution in [2.45, 2.75) is 39.0 Å². The van der Waals surface area contributed by atoms with Gasteiger partial charge in [0.2, 0.25) is 5.89 Å². The van der Waals surface area contributed by atoms with Crippen LogP contribution in [0.25, 0.3) is 44.6 Å². The first kappa shape index (κ1) is 33.7. The molecule has 3 aromatic heterocycles. The van der Waals surface area contributed by atoms with Gasteiger partial charge in [0.1, 0.15) is 17.1 Å². The number of hydrogen-bond acceptors (Lipinski definition) is 10. The van der Waals surface area contributed by atoms with E-state index in [1.807, 2.05) is 61.7 Å². The average Bonchev–Trinajstić information content (AvgIpc) is 3.89. The Balaban J connectivity index is 1.07. The van der Waals surface area contributed by atoms with Crippen LogP contribution in [-0.2, 0) is 17.9 Å². The number of aromatic nitrogens is 3. The Morgan fingerprint density at radius 2 is 1.77 bits per heavy atom. The Morgan fingerprint density at radius 1 is 1.00 bits per heavy atom. The minimum atomic E-state index is -0.779. The van der Waals surface area contributed by atoms with Gasteiger partial charge in [0.05, 0.1) is 28.2 Å². The van der Waals surface area contributed by atoms with Crippen LogP contribution in [0.1, 0.15) is 35.1 Å². The molecule has 2 saturated heterocycles. The lowest BCUT2D eigenvalue weighted by molar-refractivity contribution is -0.141. The monoisotopic (exact) mass is 713 g/mol. The summed E-state index contributed by atoms with van der Waals surface area (Å²) >= 11 is 7.13. The van der Waals surface area contributed by atoms with E-state index in [0.29, 0.717) is 71.6 Å². The van der Waals surface area contributed by atoms with Crippen LogP contribution in [-0.4, -0.2) is 73.2 Å². The minimum Gasteiger partial charge on any atom is -0.481 e. The van der Waals surface area contributed by atoms with Gasteiger partial charge in [-0.2, -0.15) is 5.26 Å². The summed E-state index contributed by atoms with van der Waals surface area (Å²) in [6.45, 7) is 6.00. The van der Waals surface area contributed by atoms with Crippen molar-refractivity contribution in [2.24, 2.45) is 5.92 Å². The Labute approximate surface area is 305 Å². The molecule has 3 aromatic carbocycles. The number of halogens is 1.